The van der Waals surface area contributed by atoms with Gasteiger partial charge in [-0.25, -0.2) is 9.37 Å². The molecule has 132 valence electrons. The molecule has 0 aliphatic carbocycles. The first-order valence-electron chi connectivity index (χ1n) is 8.19. The summed E-state index contributed by atoms with van der Waals surface area (Å²) in [5.74, 6) is -0.311. The molecule has 7 heteroatoms. The van der Waals surface area contributed by atoms with Crippen LogP contribution in [0, 0.1) is 19.7 Å². The monoisotopic (exact) mass is 361 g/mol. The molecule has 1 aromatic carbocycles. The number of benzene rings is 1. The van der Waals surface area contributed by atoms with Crippen LogP contribution in [0.1, 0.15) is 25.9 Å². The standard InChI is InChI=1S/C18H20FN3O2S/c1-12-17(25-13(2)20-12)18(24)22-9-7-21(8-10-22)16(23)11-14-3-5-15(19)6-4-14/h3-6H,7-11H2,1-2H3. The summed E-state index contributed by atoms with van der Waals surface area (Å²) in [5.41, 5.74) is 1.56. The Labute approximate surface area is 150 Å². The summed E-state index contributed by atoms with van der Waals surface area (Å²) in [6, 6.07) is 5.97. The van der Waals surface area contributed by atoms with Gasteiger partial charge in [-0.05, 0) is 31.5 Å². The van der Waals surface area contributed by atoms with Crippen LogP contribution in [0.2, 0.25) is 0 Å². The van der Waals surface area contributed by atoms with Crippen LogP contribution in [0.3, 0.4) is 0 Å². The Balaban J connectivity index is 1.56. The van der Waals surface area contributed by atoms with Crippen molar-refractivity contribution in [2.24, 2.45) is 0 Å². The van der Waals surface area contributed by atoms with E-state index < -0.39 is 0 Å². The van der Waals surface area contributed by atoms with E-state index >= 15 is 0 Å². The van der Waals surface area contributed by atoms with Crippen molar-refractivity contribution in [2.45, 2.75) is 20.3 Å². The maximum absolute atomic E-state index is 12.9. The number of aromatic nitrogens is 1. The smallest absolute Gasteiger partial charge is 0.265 e. The Hall–Kier alpha value is -2.28. The molecule has 2 amide bonds. The largest absolute Gasteiger partial charge is 0.339 e. The van der Waals surface area contributed by atoms with Crippen LogP contribution < -0.4 is 0 Å². The normalized spacial score (nSPS) is 14.7. The van der Waals surface area contributed by atoms with Crippen molar-refractivity contribution < 1.29 is 14.0 Å². The second-order valence-electron chi connectivity index (χ2n) is 6.12. The fourth-order valence-corrected chi connectivity index (χ4v) is 3.81. The van der Waals surface area contributed by atoms with Gasteiger partial charge < -0.3 is 9.80 Å². The van der Waals surface area contributed by atoms with Gasteiger partial charge in [0.1, 0.15) is 10.7 Å². The van der Waals surface area contributed by atoms with Gasteiger partial charge in [-0.3, -0.25) is 9.59 Å². The second-order valence-corrected chi connectivity index (χ2v) is 7.33. The summed E-state index contributed by atoms with van der Waals surface area (Å²) < 4.78 is 12.9. The van der Waals surface area contributed by atoms with Crippen LogP contribution in [0.4, 0.5) is 4.39 Å². The molecule has 0 radical (unpaired) electrons. The summed E-state index contributed by atoms with van der Waals surface area (Å²) in [7, 11) is 0. The van der Waals surface area contributed by atoms with Gasteiger partial charge in [0, 0.05) is 26.2 Å². The van der Waals surface area contributed by atoms with Gasteiger partial charge in [-0.1, -0.05) is 12.1 Å². The molecular weight excluding hydrogens is 341 g/mol. The number of carbonyl (C=O) groups is 2. The van der Waals surface area contributed by atoms with Crippen LogP contribution in [-0.2, 0) is 11.2 Å². The number of amides is 2. The summed E-state index contributed by atoms with van der Waals surface area (Å²) in [6.07, 6.45) is 0.251. The van der Waals surface area contributed by atoms with E-state index in [0.29, 0.717) is 31.1 Å². The van der Waals surface area contributed by atoms with Gasteiger partial charge in [0.2, 0.25) is 5.91 Å². The first-order chi connectivity index (χ1) is 11.9. The Bertz CT molecular complexity index is 780. The predicted octanol–water partition coefficient (Wildman–Crippen LogP) is 2.43. The fourth-order valence-electron chi connectivity index (χ4n) is 2.92. The summed E-state index contributed by atoms with van der Waals surface area (Å²) in [4.78, 5) is 33.5. The minimum atomic E-state index is -0.308. The molecule has 1 aliphatic rings. The Morgan fingerprint density at radius 3 is 2.24 bits per heavy atom. The zero-order valence-electron chi connectivity index (χ0n) is 14.3. The predicted molar refractivity (Wildman–Crippen MR) is 94.2 cm³/mol. The van der Waals surface area contributed by atoms with Gasteiger partial charge in [-0.15, -0.1) is 11.3 Å². The van der Waals surface area contributed by atoms with Crippen molar-refractivity contribution in [3.05, 3.63) is 51.2 Å². The van der Waals surface area contributed by atoms with Gasteiger partial charge in [0.15, 0.2) is 0 Å². The van der Waals surface area contributed by atoms with E-state index in [4.69, 9.17) is 0 Å². The highest BCUT2D eigenvalue weighted by Gasteiger charge is 2.26. The number of aryl methyl sites for hydroxylation is 2. The van der Waals surface area contributed by atoms with E-state index in [1.165, 1.54) is 23.5 Å². The van der Waals surface area contributed by atoms with E-state index in [1.54, 1.807) is 21.9 Å². The van der Waals surface area contributed by atoms with Gasteiger partial charge in [0.05, 0.1) is 17.1 Å². The van der Waals surface area contributed by atoms with Crippen LogP contribution in [-0.4, -0.2) is 52.8 Å². The molecule has 2 aromatic rings. The fraction of sp³-hybridized carbons (Fsp3) is 0.389. The molecule has 2 heterocycles. The molecule has 1 aromatic heterocycles. The van der Waals surface area contributed by atoms with Crippen molar-refractivity contribution in [3.63, 3.8) is 0 Å². The zero-order chi connectivity index (χ0) is 18.0. The van der Waals surface area contributed by atoms with E-state index in [1.807, 2.05) is 13.8 Å². The molecule has 0 saturated carbocycles. The molecule has 0 unspecified atom stereocenters. The van der Waals surface area contributed by atoms with E-state index in [-0.39, 0.29) is 24.1 Å². The van der Waals surface area contributed by atoms with Crippen LogP contribution in [0.25, 0.3) is 0 Å². The average molecular weight is 361 g/mol. The molecule has 25 heavy (non-hydrogen) atoms. The maximum atomic E-state index is 12.9. The molecule has 0 bridgehead atoms. The van der Waals surface area contributed by atoms with Crippen molar-refractivity contribution in [1.29, 1.82) is 0 Å². The van der Waals surface area contributed by atoms with Crippen LogP contribution in [0.15, 0.2) is 24.3 Å². The van der Waals surface area contributed by atoms with Crippen molar-refractivity contribution in [1.82, 2.24) is 14.8 Å². The third-order valence-electron chi connectivity index (χ3n) is 4.29. The molecule has 0 atom stereocenters. The summed E-state index contributed by atoms with van der Waals surface area (Å²) in [6.45, 7) is 5.81. The third kappa shape index (κ3) is 4.04. The number of carbonyl (C=O) groups excluding carboxylic acids is 2. The van der Waals surface area contributed by atoms with E-state index in [9.17, 15) is 14.0 Å². The number of nitrogens with zero attached hydrogens (tertiary/aromatic N) is 3. The van der Waals surface area contributed by atoms with E-state index in [2.05, 4.69) is 4.98 Å². The number of rotatable bonds is 3. The van der Waals surface area contributed by atoms with Gasteiger partial charge in [0.25, 0.3) is 5.91 Å². The lowest BCUT2D eigenvalue weighted by molar-refractivity contribution is -0.131. The lowest BCUT2D eigenvalue weighted by atomic mass is 10.1. The van der Waals surface area contributed by atoms with Crippen molar-refractivity contribution in [2.75, 3.05) is 26.2 Å². The van der Waals surface area contributed by atoms with Crippen LogP contribution >= 0.6 is 11.3 Å². The lowest BCUT2D eigenvalue weighted by Crippen LogP contribution is -2.51. The molecule has 1 aliphatic heterocycles. The van der Waals surface area contributed by atoms with Gasteiger partial charge in [-0.2, -0.15) is 0 Å². The Morgan fingerprint density at radius 1 is 1.08 bits per heavy atom. The maximum Gasteiger partial charge on any atom is 0.265 e. The molecule has 0 spiro atoms. The SMILES string of the molecule is Cc1nc(C)c(C(=O)N2CCN(C(=O)Cc3ccc(F)cc3)CC2)s1. The Morgan fingerprint density at radius 2 is 1.68 bits per heavy atom. The van der Waals surface area contributed by atoms with E-state index in [0.717, 1.165) is 16.3 Å². The number of halogens is 1. The number of hydrogen-bond donors (Lipinski definition) is 0. The molecule has 0 N–H and O–H groups in total. The molecule has 5 nitrogen and oxygen atoms in total. The summed E-state index contributed by atoms with van der Waals surface area (Å²) >= 11 is 1.41. The molecule has 1 saturated heterocycles. The molecule has 1 fully saturated rings. The highest BCUT2D eigenvalue weighted by molar-refractivity contribution is 7.13. The number of hydrogen-bond acceptors (Lipinski definition) is 4. The Kier molecular flexibility index (Phi) is 5.13. The highest BCUT2D eigenvalue weighted by atomic mass is 32.1. The molecule has 3 rings (SSSR count). The second kappa shape index (κ2) is 7.31. The lowest BCUT2D eigenvalue weighted by Gasteiger charge is -2.34. The first-order valence-corrected chi connectivity index (χ1v) is 9.01. The topological polar surface area (TPSA) is 53.5 Å². The average Bonchev–Trinajstić information content (AvgIpc) is 2.94. The van der Waals surface area contributed by atoms with Crippen molar-refractivity contribution >= 4 is 23.2 Å². The quantitative estimate of drug-likeness (QED) is 0.844. The minimum Gasteiger partial charge on any atom is -0.339 e. The van der Waals surface area contributed by atoms with Crippen LogP contribution in [0.5, 0.6) is 0 Å². The summed E-state index contributed by atoms with van der Waals surface area (Å²) in [5, 5.41) is 0.883. The third-order valence-corrected chi connectivity index (χ3v) is 5.35. The zero-order valence-corrected chi connectivity index (χ0v) is 15.1. The first kappa shape index (κ1) is 17.5. The van der Waals surface area contributed by atoms with Gasteiger partial charge >= 0.3 is 0 Å². The highest BCUT2D eigenvalue weighted by Crippen LogP contribution is 2.20. The minimum absolute atomic E-state index is 0.00326. The van der Waals surface area contributed by atoms with Crippen molar-refractivity contribution in [3.8, 4) is 0 Å². The molecular formula is C18H20FN3O2S. The number of piperazine rings is 1. The number of thiazole rings is 1.